The van der Waals surface area contributed by atoms with Crippen LogP contribution >= 0.6 is 0 Å². The van der Waals surface area contributed by atoms with E-state index in [1.165, 1.54) is 0 Å². The third-order valence-electron chi connectivity index (χ3n) is 4.67. The summed E-state index contributed by atoms with van der Waals surface area (Å²) in [6, 6.07) is 22.2. The fraction of sp³-hybridized carbons (Fsp3) is 0.125. The van der Waals surface area contributed by atoms with Gasteiger partial charge in [0.25, 0.3) is 11.8 Å². The number of methoxy groups -OCH3 is 1. The van der Waals surface area contributed by atoms with Gasteiger partial charge in [-0.3, -0.25) is 4.79 Å². The summed E-state index contributed by atoms with van der Waals surface area (Å²) in [6.07, 6.45) is 0. The molecule has 1 amide bonds. The number of hydrogen-bond acceptors (Lipinski definition) is 6. The molecule has 0 saturated heterocycles. The molecule has 156 valence electrons. The van der Waals surface area contributed by atoms with Gasteiger partial charge in [0.2, 0.25) is 5.82 Å². The fourth-order valence-corrected chi connectivity index (χ4v) is 3.11. The largest absolute Gasteiger partial charge is 0.495 e. The number of anilines is 1. The first-order chi connectivity index (χ1) is 15.2. The summed E-state index contributed by atoms with van der Waals surface area (Å²) < 4.78 is 16.5. The van der Waals surface area contributed by atoms with Crippen LogP contribution in [0.5, 0.6) is 11.5 Å². The summed E-state index contributed by atoms with van der Waals surface area (Å²) in [5.41, 5.74) is 3.13. The van der Waals surface area contributed by atoms with Gasteiger partial charge in [0.05, 0.1) is 18.4 Å². The van der Waals surface area contributed by atoms with E-state index in [1.54, 1.807) is 25.3 Å². The average Bonchev–Trinajstić information content (AvgIpc) is 3.28. The van der Waals surface area contributed by atoms with Crippen LogP contribution < -0.4 is 14.8 Å². The van der Waals surface area contributed by atoms with E-state index in [9.17, 15) is 4.79 Å². The Balaban J connectivity index is 1.49. The fourth-order valence-electron chi connectivity index (χ4n) is 3.11. The highest BCUT2D eigenvalue weighted by atomic mass is 16.5. The number of aryl methyl sites for hydroxylation is 1. The van der Waals surface area contributed by atoms with Gasteiger partial charge in [-0.2, -0.15) is 4.98 Å². The normalized spacial score (nSPS) is 10.5. The highest BCUT2D eigenvalue weighted by molar-refractivity contribution is 5.93. The summed E-state index contributed by atoms with van der Waals surface area (Å²) in [7, 11) is 1.55. The molecule has 0 atom stereocenters. The molecule has 0 saturated carbocycles. The predicted molar refractivity (Wildman–Crippen MR) is 117 cm³/mol. The first-order valence-corrected chi connectivity index (χ1v) is 9.70. The van der Waals surface area contributed by atoms with Crippen LogP contribution in [-0.4, -0.2) is 29.8 Å². The van der Waals surface area contributed by atoms with Crippen LogP contribution in [0.25, 0.3) is 22.8 Å². The van der Waals surface area contributed by atoms with Crippen LogP contribution in [0.1, 0.15) is 5.56 Å². The lowest BCUT2D eigenvalue weighted by molar-refractivity contribution is -0.118. The number of ether oxygens (including phenoxy) is 2. The van der Waals surface area contributed by atoms with Crippen molar-refractivity contribution in [1.82, 2.24) is 10.1 Å². The second-order valence-corrected chi connectivity index (χ2v) is 6.77. The van der Waals surface area contributed by atoms with Gasteiger partial charge in [-0.25, -0.2) is 0 Å². The van der Waals surface area contributed by atoms with Crippen molar-refractivity contribution in [3.05, 3.63) is 78.4 Å². The topological polar surface area (TPSA) is 86.5 Å². The number of nitrogens with one attached hydrogen (secondary N) is 1. The van der Waals surface area contributed by atoms with E-state index < -0.39 is 0 Å². The third kappa shape index (κ3) is 4.56. The molecule has 7 nitrogen and oxygen atoms in total. The van der Waals surface area contributed by atoms with Gasteiger partial charge in [-0.1, -0.05) is 53.7 Å². The van der Waals surface area contributed by atoms with Gasteiger partial charge in [-0.05, 0) is 36.8 Å². The molecule has 4 rings (SSSR count). The molecule has 1 aromatic heterocycles. The molecule has 0 radical (unpaired) electrons. The van der Waals surface area contributed by atoms with Crippen LogP contribution in [0, 0.1) is 6.92 Å². The van der Waals surface area contributed by atoms with Crippen LogP contribution in [0.2, 0.25) is 0 Å². The zero-order valence-electron chi connectivity index (χ0n) is 17.2. The summed E-state index contributed by atoms with van der Waals surface area (Å²) >= 11 is 0. The molecule has 0 aliphatic rings. The number of amides is 1. The van der Waals surface area contributed by atoms with Crippen LogP contribution in [0.15, 0.2) is 77.3 Å². The van der Waals surface area contributed by atoms with Crippen molar-refractivity contribution in [1.29, 1.82) is 0 Å². The Morgan fingerprint density at radius 1 is 0.935 bits per heavy atom. The molecule has 0 aliphatic heterocycles. The Morgan fingerprint density at radius 3 is 2.39 bits per heavy atom. The maximum Gasteiger partial charge on any atom is 0.262 e. The molecule has 7 heteroatoms. The quantitative estimate of drug-likeness (QED) is 0.469. The standard InChI is InChI=1S/C24H21N3O4/c1-16-9-3-4-10-17(16)23-26-24(31-27-23)18-11-5-7-13-20(18)30-15-22(28)25-19-12-6-8-14-21(19)29-2/h3-14H,15H2,1-2H3,(H,25,28). The molecule has 0 spiro atoms. The lowest BCUT2D eigenvalue weighted by atomic mass is 10.1. The summed E-state index contributed by atoms with van der Waals surface area (Å²) in [6.45, 7) is 1.80. The Hall–Kier alpha value is -4.13. The number of rotatable bonds is 7. The molecular weight excluding hydrogens is 394 g/mol. The lowest BCUT2D eigenvalue weighted by Crippen LogP contribution is -2.20. The number of benzene rings is 3. The number of aromatic nitrogens is 2. The van der Waals surface area contributed by atoms with E-state index >= 15 is 0 Å². The van der Waals surface area contributed by atoms with Gasteiger partial charge in [0, 0.05) is 5.56 Å². The highest BCUT2D eigenvalue weighted by Crippen LogP contribution is 2.31. The first kappa shape index (κ1) is 20.2. The van der Waals surface area contributed by atoms with E-state index in [4.69, 9.17) is 14.0 Å². The van der Waals surface area contributed by atoms with Gasteiger partial charge >= 0.3 is 0 Å². The van der Waals surface area contributed by atoms with Crippen molar-refractivity contribution in [2.24, 2.45) is 0 Å². The summed E-state index contributed by atoms with van der Waals surface area (Å²) in [5.74, 6) is 1.55. The molecule has 4 aromatic rings. The maximum atomic E-state index is 12.4. The minimum absolute atomic E-state index is 0.187. The van der Waals surface area contributed by atoms with E-state index in [2.05, 4.69) is 15.5 Å². The number of carbonyl (C=O) groups excluding carboxylic acids is 1. The number of carbonyl (C=O) groups is 1. The van der Waals surface area contributed by atoms with Gasteiger partial charge in [-0.15, -0.1) is 0 Å². The minimum atomic E-state index is -0.314. The van der Waals surface area contributed by atoms with Crippen molar-refractivity contribution in [2.45, 2.75) is 6.92 Å². The molecule has 1 heterocycles. The molecule has 0 unspecified atom stereocenters. The van der Waals surface area contributed by atoms with E-state index in [0.29, 0.717) is 34.5 Å². The van der Waals surface area contributed by atoms with Gasteiger partial charge in [0.1, 0.15) is 11.5 Å². The molecule has 1 N–H and O–H groups in total. The summed E-state index contributed by atoms with van der Waals surface area (Å²) in [4.78, 5) is 16.9. The first-order valence-electron chi connectivity index (χ1n) is 9.70. The molecule has 3 aromatic carbocycles. The van der Waals surface area contributed by atoms with E-state index in [1.807, 2.05) is 61.5 Å². The van der Waals surface area contributed by atoms with Crippen molar-refractivity contribution < 1.29 is 18.8 Å². The Kier molecular flexibility index (Phi) is 5.93. The zero-order chi connectivity index (χ0) is 21.6. The Labute approximate surface area is 179 Å². The molecule has 31 heavy (non-hydrogen) atoms. The van der Waals surface area contributed by atoms with Crippen LogP contribution in [0.3, 0.4) is 0 Å². The third-order valence-corrected chi connectivity index (χ3v) is 4.67. The molecule has 0 bridgehead atoms. The molecule has 0 aliphatic carbocycles. The van der Waals surface area contributed by atoms with Gasteiger partial charge in [0.15, 0.2) is 6.61 Å². The van der Waals surface area contributed by atoms with Crippen molar-refractivity contribution >= 4 is 11.6 Å². The second kappa shape index (κ2) is 9.13. The monoisotopic (exact) mass is 415 g/mol. The van der Waals surface area contributed by atoms with Crippen LogP contribution in [0.4, 0.5) is 5.69 Å². The number of para-hydroxylation sites is 3. The Morgan fingerprint density at radius 2 is 1.61 bits per heavy atom. The van der Waals surface area contributed by atoms with E-state index in [-0.39, 0.29) is 12.5 Å². The second-order valence-electron chi connectivity index (χ2n) is 6.77. The zero-order valence-corrected chi connectivity index (χ0v) is 17.2. The summed E-state index contributed by atoms with van der Waals surface area (Å²) in [5, 5.41) is 6.88. The molecular formula is C24H21N3O4. The van der Waals surface area contributed by atoms with Crippen molar-refractivity contribution in [3.8, 4) is 34.3 Å². The number of hydrogen-bond donors (Lipinski definition) is 1. The van der Waals surface area contributed by atoms with Crippen LogP contribution in [-0.2, 0) is 4.79 Å². The van der Waals surface area contributed by atoms with Crippen molar-refractivity contribution in [3.63, 3.8) is 0 Å². The molecule has 0 fully saturated rings. The minimum Gasteiger partial charge on any atom is -0.495 e. The van der Waals surface area contributed by atoms with Crippen molar-refractivity contribution in [2.75, 3.05) is 19.0 Å². The predicted octanol–water partition coefficient (Wildman–Crippen LogP) is 4.74. The smallest absolute Gasteiger partial charge is 0.262 e. The lowest BCUT2D eigenvalue weighted by Gasteiger charge is -2.11. The average molecular weight is 415 g/mol. The highest BCUT2D eigenvalue weighted by Gasteiger charge is 2.17. The number of nitrogens with zero attached hydrogens (tertiary/aromatic N) is 2. The Bertz CT molecular complexity index is 1200. The van der Waals surface area contributed by atoms with Gasteiger partial charge < -0.3 is 19.3 Å². The maximum absolute atomic E-state index is 12.4. The van der Waals surface area contributed by atoms with E-state index in [0.717, 1.165) is 11.1 Å². The SMILES string of the molecule is COc1ccccc1NC(=O)COc1ccccc1-c1nc(-c2ccccc2C)no1.